The highest BCUT2D eigenvalue weighted by atomic mass is 16.7. The second kappa shape index (κ2) is 34.9. The summed E-state index contributed by atoms with van der Waals surface area (Å²) in [4.78, 5) is 13.1. The predicted octanol–water partition coefficient (Wildman–Crippen LogP) is 7.36. The fraction of sp³-hybridized carbons (Fsp3) is 0.978. The zero-order chi connectivity index (χ0) is 41.4. The lowest BCUT2D eigenvalue weighted by molar-refractivity contribution is -0.303. The minimum Gasteiger partial charge on any atom is -0.394 e. The Morgan fingerprint density at radius 3 is 1.43 bits per heavy atom. The van der Waals surface area contributed by atoms with Crippen molar-refractivity contribution in [2.24, 2.45) is 5.92 Å². The van der Waals surface area contributed by atoms with Crippen LogP contribution in [0.15, 0.2) is 0 Å². The van der Waals surface area contributed by atoms with Gasteiger partial charge in [-0.05, 0) is 18.8 Å². The number of amides is 1. The van der Waals surface area contributed by atoms with Gasteiger partial charge in [0.2, 0.25) is 5.91 Å². The van der Waals surface area contributed by atoms with Gasteiger partial charge in [-0.15, -0.1) is 0 Å². The molecule has 11 nitrogen and oxygen atoms in total. The van der Waals surface area contributed by atoms with Crippen LogP contribution in [0.2, 0.25) is 0 Å². The number of rotatable bonds is 38. The third kappa shape index (κ3) is 25.6. The van der Waals surface area contributed by atoms with Gasteiger partial charge >= 0.3 is 0 Å². The second-order valence-corrected chi connectivity index (χ2v) is 17.3. The quantitative estimate of drug-likeness (QED) is 0.0293. The summed E-state index contributed by atoms with van der Waals surface area (Å²) in [6.45, 7) is 5.72. The van der Waals surface area contributed by atoms with E-state index in [0.29, 0.717) is 19.3 Å². The van der Waals surface area contributed by atoms with Crippen molar-refractivity contribution in [3.8, 4) is 0 Å². The molecule has 0 saturated carbocycles. The predicted molar refractivity (Wildman–Crippen MR) is 224 cm³/mol. The summed E-state index contributed by atoms with van der Waals surface area (Å²) < 4.78 is 11.1. The van der Waals surface area contributed by atoms with E-state index in [4.69, 9.17) is 9.47 Å². The minimum atomic E-state index is -1.66. The SMILES string of the molecule is CCCCCCCCCCCCCCCCCCCC[C@@H](O)C(=O)N[C@@H](CO[C@@H]1O[C@H](CO)[C@H](O)[C@H](O)[C@H]1O)[C@H](O)[C@H](O)CCCCCCCCCCC(C)C. The number of hydrogen-bond acceptors (Lipinski definition) is 10. The maximum atomic E-state index is 13.1. The molecule has 0 aromatic rings. The summed E-state index contributed by atoms with van der Waals surface area (Å²) in [5.41, 5.74) is 0. The Morgan fingerprint density at radius 2 is 1.00 bits per heavy atom. The van der Waals surface area contributed by atoms with Gasteiger partial charge in [-0.1, -0.05) is 194 Å². The van der Waals surface area contributed by atoms with E-state index in [9.17, 15) is 40.5 Å². The molecular weight excluding hydrogens is 714 g/mol. The van der Waals surface area contributed by atoms with Crippen molar-refractivity contribution in [1.82, 2.24) is 5.32 Å². The molecule has 1 heterocycles. The molecule has 0 spiro atoms. The van der Waals surface area contributed by atoms with Crippen molar-refractivity contribution >= 4 is 5.91 Å². The zero-order valence-electron chi connectivity index (χ0n) is 36.0. The lowest BCUT2D eigenvalue weighted by atomic mass is 9.98. The molecule has 1 amide bonds. The standard InChI is InChI=1S/C45H89NO10/c1-4-5-6-7-8-9-10-11-12-13-14-15-16-17-18-23-26-29-32-38(49)44(54)46-36(34-55-45-43(53)42(52)41(51)39(33-47)56-45)40(50)37(48)31-28-25-22-20-19-21-24-27-30-35(2)3/h35-43,45,47-53H,4-34H2,1-3H3,(H,46,54)/t36-,37+,38+,39+,40-,41-,42-,43+,45+/m0/s1. The molecule has 11 heteroatoms. The lowest BCUT2D eigenvalue weighted by Crippen LogP contribution is -2.60. The molecule has 9 atom stereocenters. The van der Waals surface area contributed by atoms with Crippen molar-refractivity contribution in [1.29, 1.82) is 0 Å². The van der Waals surface area contributed by atoms with Crippen molar-refractivity contribution in [3.05, 3.63) is 0 Å². The van der Waals surface area contributed by atoms with Gasteiger partial charge in [-0.2, -0.15) is 0 Å². The third-order valence-corrected chi connectivity index (χ3v) is 11.6. The van der Waals surface area contributed by atoms with Crippen molar-refractivity contribution in [2.75, 3.05) is 13.2 Å². The van der Waals surface area contributed by atoms with E-state index in [1.807, 2.05) is 0 Å². The Bertz CT molecular complexity index is 895. The smallest absolute Gasteiger partial charge is 0.249 e. The Morgan fingerprint density at radius 1 is 0.589 bits per heavy atom. The van der Waals surface area contributed by atoms with E-state index >= 15 is 0 Å². The largest absolute Gasteiger partial charge is 0.394 e. The number of aliphatic hydroxyl groups is 7. The molecule has 0 bridgehead atoms. The van der Waals surface area contributed by atoms with Crippen LogP contribution in [0.25, 0.3) is 0 Å². The number of ether oxygens (including phenoxy) is 2. The van der Waals surface area contributed by atoms with Crippen molar-refractivity contribution < 1.29 is 50.0 Å². The van der Waals surface area contributed by atoms with Crippen LogP contribution >= 0.6 is 0 Å². The van der Waals surface area contributed by atoms with Gasteiger partial charge in [0.25, 0.3) is 0 Å². The van der Waals surface area contributed by atoms with Gasteiger partial charge in [-0.25, -0.2) is 0 Å². The average molecular weight is 804 g/mol. The molecule has 0 aromatic heterocycles. The summed E-state index contributed by atoms with van der Waals surface area (Å²) in [7, 11) is 0. The van der Waals surface area contributed by atoms with Gasteiger partial charge in [-0.3, -0.25) is 4.79 Å². The monoisotopic (exact) mass is 804 g/mol. The van der Waals surface area contributed by atoms with E-state index in [1.54, 1.807) is 0 Å². The molecule has 1 aliphatic rings. The third-order valence-electron chi connectivity index (χ3n) is 11.6. The Labute approximate surface area is 341 Å². The zero-order valence-corrected chi connectivity index (χ0v) is 36.0. The second-order valence-electron chi connectivity index (χ2n) is 17.3. The topological polar surface area (TPSA) is 189 Å². The number of unbranched alkanes of at least 4 members (excludes halogenated alkanes) is 24. The summed E-state index contributed by atoms with van der Waals surface area (Å²) in [6, 6.07) is -1.16. The summed E-state index contributed by atoms with van der Waals surface area (Å²) in [5.74, 6) is 0.0522. The first-order valence-corrected chi connectivity index (χ1v) is 23.3. The van der Waals surface area contributed by atoms with Crippen LogP contribution < -0.4 is 5.32 Å². The van der Waals surface area contributed by atoms with Crippen LogP contribution in [0.3, 0.4) is 0 Å². The summed E-state index contributed by atoms with van der Waals surface area (Å²) >= 11 is 0. The number of aliphatic hydroxyl groups excluding tert-OH is 7. The van der Waals surface area contributed by atoms with Crippen LogP contribution in [-0.2, 0) is 14.3 Å². The van der Waals surface area contributed by atoms with Crippen LogP contribution in [0, 0.1) is 5.92 Å². The number of nitrogens with one attached hydrogen (secondary N) is 1. The van der Waals surface area contributed by atoms with Crippen LogP contribution in [0.1, 0.15) is 207 Å². The first-order valence-electron chi connectivity index (χ1n) is 23.3. The molecule has 1 aliphatic heterocycles. The molecule has 0 unspecified atom stereocenters. The van der Waals surface area contributed by atoms with Crippen LogP contribution in [0.4, 0.5) is 0 Å². The number of hydrogen-bond donors (Lipinski definition) is 8. The molecule has 1 fully saturated rings. The van der Waals surface area contributed by atoms with E-state index in [-0.39, 0.29) is 6.42 Å². The van der Waals surface area contributed by atoms with Gasteiger partial charge < -0.3 is 50.5 Å². The molecule has 8 N–H and O–H groups in total. The first-order chi connectivity index (χ1) is 27.0. The Kier molecular flexibility index (Phi) is 33.1. The number of carbonyl (C=O) groups excluding carboxylic acids is 1. The Hall–Kier alpha value is -0.890. The summed E-state index contributed by atoms with van der Waals surface area (Å²) in [5, 5.41) is 75.6. The molecule has 0 radical (unpaired) electrons. The highest BCUT2D eigenvalue weighted by molar-refractivity contribution is 5.80. The van der Waals surface area contributed by atoms with Gasteiger partial charge in [0, 0.05) is 0 Å². The Balaban J connectivity index is 2.42. The van der Waals surface area contributed by atoms with Crippen molar-refractivity contribution in [3.63, 3.8) is 0 Å². The van der Waals surface area contributed by atoms with E-state index in [0.717, 1.165) is 44.4 Å². The fourth-order valence-electron chi connectivity index (χ4n) is 7.68. The normalized spacial score (nSPS) is 22.3. The maximum absolute atomic E-state index is 13.1. The number of carbonyl (C=O) groups is 1. The van der Waals surface area contributed by atoms with Crippen LogP contribution in [0.5, 0.6) is 0 Å². The van der Waals surface area contributed by atoms with E-state index in [1.165, 1.54) is 122 Å². The van der Waals surface area contributed by atoms with Crippen LogP contribution in [-0.4, -0.2) is 110 Å². The summed E-state index contributed by atoms with van der Waals surface area (Å²) in [6.07, 6.45) is 21.7. The molecular formula is C45H89NO10. The highest BCUT2D eigenvalue weighted by Gasteiger charge is 2.44. The average Bonchev–Trinajstić information content (AvgIpc) is 3.18. The van der Waals surface area contributed by atoms with Gasteiger partial charge in [0.15, 0.2) is 6.29 Å². The van der Waals surface area contributed by atoms with Gasteiger partial charge in [0.05, 0.1) is 25.4 Å². The van der Waals surface area contributed by atoms with E-state index in [2.05, 4.69) is 26.1 Å². The fourth-order valence-corrected chi connectivity index (χ4v) is 7.68. The lowest BCUT2D eigenvalue weighted by Gasteiger charge is -2.40. The highest BCUT2D eigenvalue weighted by Crippen LogP contribution is 2.23. The molecule has 0 aliphatic carbocycles. The van der Waals surface area contributed by atoms with Crippen molar-refractivity contribution in [2.45, 2.75) is 262 Å². The molecule has 1 rings (SSSR count). The molecule has 56 heavy (non-hydrogen) atoms. The van der Waals surface area contributed by atoms with E-state index < -0.39 is 74.2 Å². The maximum Gasteiger partial charge on any atom is 0.249 e. The molecule has 0 aromatic carbocycles. The first kappa shape index (κ1) is 53.1. The van der Waals surface area contributed by atoms with Gasteiger partial charge in [0.1, 0.15) is 36.6 Å². The molecule has 1 saturated heterocycles. The molecule has 334 valence electrons. The minimum absolute atomic E-state index is 0.265.